The van der Waals surface area contributed by atoms with Crippen molar-refractivity contribution in [3.05, 3.63) is 29.8 Å². The molecule has 0 bridgehead atoms. The lowest BCUT2D eigenvalue weighted by atomic mass is 10.1. The summed E-state index contributed by atoms with van der Waals surface area (Å²) in [6, 6.07) is 7.38. The normalized spacial score (nSPS) is 14.5. The molecule has 1 aliphatic rings. The number of benzene rings is 1. The Hall–Kier alpha value is -2.04. The van der Waals surface area contributed by atoms with Gasteiger partial charge < -0.3 is 15.5 Å². The molecule has 0 saturated carbocycles. The fraction of sp³-hybridized carbons (Fsp3) is 0.529. The van der Waals surface area contributed by atoms with Crippen LogP contribution in [-0.4, -0.2) is 42.9 Å². The summed E-state index contributed by atoms with van der Waals surface area (Å²) < 4.78 is 0. The quantitative estimate of drug-likeness (QED) is 0.847. The van der Waals surface area contributed by atoms with Crippen LogP contribution in [-0.2, 0) is 4.79 Å². The van der Waals surface area contributed by atoms with Crippen LogP contribution in [0.4, 0.5) is 5.69 Å². The predicted molar refractivity (Wildman–Crippen MR) is 88.0 cm³/mol. The minimum Gasteiger partial charge on any atom is -0.376 e. The average Bonchev–Trinajstić information content (AvgIpc) is 2.58. The highest BCUT2D eigenvalue weighted by atomic mass is 16.2. The Kier molecular flexibility index (Phi) is 6.25. The fourth-order valence-electron chi connectivity index (χ4n) is 2.55. The molecule has 0 radical (unpaired) electrons. The van der Waals surface area contributed by atoms with Crippen LogP contribution in [0.15, 0.2) is 24.3 Å². The largest absolute Gasteiger partial charge is 0.376 e. The third kappa shape index (κ3) is 4.76. The van der Waals surface area contributed by atoms with E-state index in [1.54, 1.807) is 0 Å². The summed E-state index contributed by atoms with van der Waals surface area (Å²) in [6.45, 7) is 4.62. The Bertz CT molecular complexity index is 510. The van der Waals surface area contributed by atoms with Gasteiger partial charge in [-0.2, -0.15) is 0 Å². The first kappa shape index (κ1) is 16.3. The lowest BCUT2D eigenvalue weighted by Gasteiger charge is -2.26. The number of anilines is 1. The molecule has 2 rings (SSSR count). The van der Waals surface area contributed by atoms with E-state index in [0.717, 1.165) is 38.0 Å². The molecule has 1 fully saturated rings. The lowest BCUT2D eigenvalue weighted by Crippen LogP contribution is -2.35. The lowest BCUT2D eigenvalue weighted by molar-refractivity contribution is -0.119. The van der Waals surface area contributed by atoms with Crippen LogP contribution in [0.3, 0.4) is 0 Å². The SMILES string of the molecule is CCCNC(=O)CNc1cccc(C(=O)N2CCCCC2)c1. The number of rotatable bonds is 6. The number of carbonyl (C=O) groups is 2. The molecule has 5 nitrogen and oxygen atoms in total. The van der Waals surface area contributed by atoms with E-state index in [2.05, 4.69) is 10.6 Å². The summed E-state index contributed by atoms with van der Waals surface area (Å²) in [5.74, 6) is 0.0494. The van der Waals surface area contributed by atoms with E-state index in [9.17, 15) is 9.59 Å². The van der Waals surface area contributed by atoms with Crippen molar-refractivity contribution in [2.75, 3.05) is 31.5 Å². The molecule has 0 unspecified atom stereocenters. The molecule has 1 heterocycles. The van der Waals surface area contributed by atoms with Gasteiger partial charge in [-0.3, -0.25) is 9.59 Å². The molecule has 0 aromatic heterocycles. The number of nitrogens with zero attached hydrogens (tertiary/aromatic N) is 1. The third-order valence-corrected chi connectivity index (χ3v) is 3.78. The second-order valence-corrected chi connectivity index (χ2v) is 5.64. The van der Waals surface area contributed by atoms with Gasteiger partial charge in [-0.1, -0.05) is 13.0 Å². The number of hydrogen-bond donors (Lipinski definition) is 2. The highest BCUT2D eigenvalue weighted by Gasteiger charge is 2.18. The monoisotopic (exact) mass is 303 g/mol. The van der Waals surface area contributed by atoms with Crippen molar-refractivity contribution in [1.29, 1.82) is 0 Å². The first-order chi connectivity index (χ1) is 10.7. The molecular formula is C17H25N3O2. The van der Waals surface area contributed by atoms with E-state index in [4.69, 9.17) is 0 Å². The minimum atomic E-state index is -0.0328. The summed E-state index contributed by atoms with van der Waals surface area (Å²) in [6.07, 6.45) is 4.30. The van der Waals surface area contributed by atoms with Crippen LogP contribution in [0.5, 0.6) is 0 Å². The maximum atomic E-state index is 12.5. The van der Waals surface area contributed by atoms with Crippen LogP contribution in [0, 0.1) is 0 Å². The molecular weight excluding hydrogens is 278 g/mol. The zero-order chi connectivity index (χ0) is 15.8. The van der Waals surface area contributed by atoms with Gasteiger partial charge in [0.2, 0.25) is 5.91 Å². The van der Waals surface area contributed by atoms with Gasteiger partial charge in [0.25, 0.3) is 5.91 Å². The number of piperidine rings is 1. The van der Waals surface area contributed by atoms with Crippen molar-refractivity contribution in [2.24, 2.45) is 0 Å². The first-order valence-electron chi connectivity index (χ1n) is 8.10. The molecule has 22 heavy (non-hydrogen) atoms. The van der Waals surface area contributed by atoms with Crippen molar-refractivity contribution >= 4 is 17.5 Å². The Morgan fingerprint density at radius 1 is 1.18 bits per heavy atom. The van der Waals surface area contributed by atoms with Crippen LogP contribution < -0.4 is 10.6 Å². The maximum absolute atomic E-state index is 12.5. The smallest absolute Gasteiger partial charge is 0.253 e. The Balaban J connectivity index is 1.91. The molecule has 2 N–H and O–H groups in total. The molecule has 2 amide bonds. The van der Waals surface area contributed by atoms with Crippen LogP contribution in [0.1, 0.15) is 43.0 Å². The zero-order valence-corrected chi connectivity index (χ0v) is 13.2. The van der Waals surface area contributed by atoms with Gasteiger partial charge in [-0.05, 0) is 43.9 Å². The predicted octanol–water partition coefficient (Wildman–Crippen LogP) is 2.25. The van der Waals surface area contributed by atoms with E-state index in [1.807, 2.05) is 36.1 Å². The van der Waals surface area contributed by atoms with Crippen molar-refractivity contribution in [2.45, 2.75) is 32.6 Å². The number of hydrogen-bond acceptors (Lipinski definition) is 3. The second-order valence-electron chi connectivity index (χ2n) is 5.64. The Labute approximate surface area is 132 Å². The van der Waals surface area contributed by atoms with E-state index in [1.165, 1.54) is 6.42 Å². The molecule has 120 valence electrons. The molecule has 0 spiro atoms. The Morgan fingerprint density at radius 3 is 2.68 bits per heavy atom. The molecule has 1 aromatic rings. The summed E-state index contributed by atoms with van der Waals surface area (Å²) in [4.78, 5) is 26.0. The van der Waals surface area contributed by atoms with Gasteiger partial charge in [0.15, 0.2) is 0 Å². The standard InChI is InChI=1S/C17H25N3O2/c1-2-9-18-16(21)13-19-15-8-6-7-14(12-15)17(22)20-10-4-3-5-11-20/h6-8,12,19H,2-5,9-11,13H2,1H3,(H,18,21). The number of nitrogens with one attached hydrogen (secondary N) is 2. The fourth-order valence-corrected chi connectivity index (χ4v) is 2.55. The van der Waals surface area contributed by atoms with Crippen LogP contribution >= 0.6 is 0 Å². The molecule has 5 heteroatoms. The van der Waals surface area contributed by atoms with Crippen LogP contribution in [0.25, 0.3) is 0 Å². The zero-order valence-electron chi connectivity index (χ0n) is 13.2. The van der Waals surface area contributed by atoms with E-state index in [0.29, 0.717) is 12.1 Å². The molecule has 0 aliphatic carbocycles. The highest BCUT2D eigenvalue weighted by molar-refractivity contribution is 5.95. The summed E-state index contributed by atoms with van der Waals surface area (Å²) >= 11 is 0. The topological polar surface area (TPSA) is 61.4 Å². The van der Waals surface area contributed by atoms with Crippen molar-refractivity contribution in [3.63, 3.8) is 0 Å². The van der Waals surface area contributed by atoms with Crippen molar-refractivity contribution in [3.8, 4) is 0 Å². The minimum absolute atomic E-state index is 0.0328. The second kappa shape index (κ2) is 8.41. The number of amides is 2. The van der Waals surface area contributed by atoms with Gasteiger partial charge in [0.05, 0.1) is 6.54 Å². The average molecular weight is 303 g/mol. The summed E-state index contributed by atoms with van der Waals surface area (Å²) in [5.41, 5.74) is 1.48. The van der Waals surface area contributed by atoms with Gasteiger partial charge in [0, 0.05) is 30.9 Å². The molecule has 0 atom stereocenters. The Morgan fingerprint density at radius 2 is 1.95 bits per heavy atom. The number of likely N-dealkylation sites (tertiary alicyclic amines) is 1. The number of carbonyl (C=O) groups excluding carboxylic acids is 2. The maximum Gasteiger partial charge on any atom is 0.253 e. The van der Waals surface area contributed by atoms with Gasteiger partial charge in [-0.15, -0.1) is 0 Å². The van der Waals surface area contributed by atoms with E-state index < -0.39 is 0 Å². The van der Waals surface area contributed by atoms with E-state index in [-0.39, 0.29) is 18.4 Å². The summed E-state index contributed by atoms with van der Waals surface area (Å²) in [7, 11) is 0. The third-order valence-electron chi connectivity index (χ3n) is 3.78. The van der Waals surface area contributed by atoms with E-state index >= 15 is 0 Å². The molecule has 1 aliphatic heterocycles. The van der Waals surface area contributed by atoms with Gasteiger partial charge in [-0.25, -0.2) is 0 Å². The molecule has 1 saturated heterocycles. The van der Waals surface area contributed by atoms with Crippen molar-refractivity contribution < 1.29 is 9.59 Å². The molecule has 1 aromatic carbocycles. The van der Waals surface area contributed by atoms with Crippen LogP contribution in [0.2, 0.25) is 0 Å². The van der Waals surface area contributed by atoms with Gasteiger partial charge >= 0.3 is 0 Å². The first-order valence-corrected chi connectivity index (χ1v) is 8.10. The van der Waals surface area contributed by atoms with Gasteiger partial charge in [0.1, 0.15) is 0 Å². The highest BCUT2D eigenvalue weighted by Crippen LogP contribution is 2.16. The summed E-state index contributed by atoms with van der Waals surface area (Å²) in [5, 5.41) is 5.88. The van der Waals surface area contributed by atoms with Crippen molar-refractivity contribution in [1.82, 2.24) is 10.2 Å².